The Morgan fingerprint density at radius 1 is 1.19 bits per heavy atom. The fraction of sp³-hybridized carbons (Fsp3) is 0.375. The highest BCUT2D eigenvalue weighted by atomic mass is 35.5. The van der Waals surface area contributed by atoms with Gasteiger partial charge in [-0.3, -0.25) is 0 Å². The summed E-state index contributed by atoms with van der Waals surface area (Å²) in [5.41, 5.74) is 2.74. The Labute approximate surface area is 215 Å². The predicted molar refractivity (Wildman–Crippen MR) is 143 cm³/mol. The topological polar surface area (TPSA) is 141 Å². The number of amides is 2. The zero-order valence-corrected chi connectivity index (χ0v) is 21.3. The Morgan fingerprint density at radius 2 is 1.97 bits per heavy atom. The van der Waals surface area contributed by atoms with Gasteiger partial charge in [0.15, 0.2) is 0 Å². The van der Waals surface area contributed by atoms with Gasteiger partial charge in [0.25, 0.3) is 0 Å². The summed E-state index contributed by atoms with van der Waals surface area (Å²) < 4.78 is 27.6. The van der Waals surface area contributed by atoms with Gasteiger partial charge >= 0.3 is 6.03 Å². The molecular formula is C24H30ClN7O3S. The van der Waals surface area contributed by atoms with Crippen LogP contribution in [0.25, 0.3) is 22.2 Å². The molecule has 0 spiro atoms. The molecule has 5 N–H and O–H groups in total. The van der Waals surface area contributed by atoms with Crippen molar-refractivity contribution in [3.05, 3.63) is 54.5 Å². The number of aromatic amines is 1. The van der Waals surface area contributed by atoms with Gasteiger partial charge in [-0.25, -0.2) is 27.9 Å². The fourth-order valence-corrected chi connectivity index (χ4v) is 5.77. The van der Waals surface area contributed by atoms with Crippen molar-refractivity contribution in [1.82, 2.24) is 30.3 Å². The number of nitrogens with zero attached hydrogens (tertiary/aromatic N) is 2. The lowest BCUT2D eigenvalue weighted by atomic mass is 9.92. The summed E-state index contributed by atoms with van der Waals surface area (Å²) in [5, 5.41) is 9.92. The maximum Gasteiger partial charge on any atom is 0.315 e. The molecule has 0 saturated heterocycles. The van der Waals surface area contributed by atoms with Gasteiger partial charge in [0, 0.05) is 48.5 Å². The predicted octanol–water partition coefficient (Wildman–Crippen LogP) is 3.41. The number of carbonyl (C=O) groups excluding carboxylic acids is 1. The monoisotopic (exact) mass is 531 g/mol. The first-order valence-corrected chi connectivity index (χ1v) is 13.8. The molecule has 1 aliphatic rings. The molecule has 3 aromatic heterocycles. The van der Waals surface area contributed by atoms with E-state index in [-0.39, 0.29) is 24.4 Å². The van der Waals surface area contributed by atoms with E-state index in [1.165, 1.54) is 0 Å². The summed E-state index contributed by atoms with van der Waals surface area (Å²) >= 11 is 6.33. The number of halogens is 1. The standard InChI is InChI=1S/C24H30ClN7O3S/c1-2-9-27-24(33)28-11-12-36(34,35)32-18-7-5-17(6-8-18)30-22-14-16(13-21(25)31-22)20-15-29-23-19(20)4-3-10-26-23/h2-4,10,13-15,17-18,32H,1,5-9,11-12H2,(H,26,29)(H,30,31)(H2,27,28,33). The van der Waals surface area contributed by atoms with E-state index in [4.69, 9.17) is 11.6 Å². The molecule has 192 valence electrons. The van der Waals surface area contributed by atoms with Crippen LogP contribution in [0.4, 0.5) is 10.6 Å². The van der Waals surface area contributed by atoms with Crippen molar-refractivity contribution >= 4 is 44.5 Å². The van der Waals surface area contributed by atoms with Crippen LogP contribution in [0.15, 0.2) is 49.3 Å². The largest absolute Gasteiger partial charge is 0.367 e. The maximum atomic E-state index is 12.4. The lowest BCUT2D eigenvalue weighted by Gasteiger charge is -2.30. The molecule has 4 rings (SSSR count). The highest BCUT2D eigenvalue weighted by molar-refractivity contribution is 7.89. The second-order valence-corrected chi connectivity index (χ2v) is 11.0. The lowest BCUT2D eigenvalue weighted by molar-refractivity contribution is 0.242. The molecule has 10 nitrogen and oxygen atoms in total. The van der Waals surface area contributed by atoms with Crippen LogP contribution in [0.5, 0.6) is 0 Å². The smallest absolute Gasteiger partial charge is 0.315 e. The van der Waals surface area contributed by atoms with E-state index in [9.17, 15) is 13.2 Å². The van der Waals surface area contributed by atoms with Crippen molar-refractivity contribution in [2.75, 3.05) is 24.2 Å². The molecule has 36 heavy (non-hydrogen) atoms. The number of H-pyrrole nitrogens is 1. The molecule has 2 amide bonds. The summed E-state index contributed by atoms with van der Waals surface area (Å²) in [5.74, 6) is 0.506. The molecule has 1 aliphatic carbocycles. The third-order valence-corrected chi connectivity index (χ3v) is 7.67. The van der Waals surface area contributed by atoms with Crippen LogP contribution in [0.1, 0.15) is 25.7 Å². The highest BCUT2D eigenvalue weighted by Gasteiger charge is 2.25. The van der Waals surface area contributed by atoms with Crippen LogP contribution in [0.2, 0.25) is 5.15 Å². The number of carbonyl (C=O) groups is 1. The van der Waals surface area contributed by atoms with Gasteiger partial charge in [-0.05, 0) is 55.5 Å². The number of nitrogens with one attached hydrogen (secondary N) is 5. The number of urea groups is 1. The number of rotatable bonds is 10. The second kappa shape index (κ2) is 11.7. The second-order valence-electron chi connectivity index (χ2n) is 8.72. The van der Waals surface area contributed by atoms with Gasteiger partial charge < -0.3 is 20.9 Å². The summed E-state index contributed by atoms with van der Waals surface area (Å²) in [6.07, 6.45) is 8.18. The number of sulfonamides is 1. The minimum absolute atomic E-state index is 0.0322. The van der Waals surface area contributed by atoms with Crippen molar-refractivity contribution < 1.29 is 13.2 Å². The third-order valence-electron chi connectivity index (χ3n) is 6.04. The molecule has 0 atom stereocenters. The number of hydrogen-bond acceptors (Lipinski definition) is 6. The molecule has 0 aliphatic heterocycles. The molecule has 0 aromatic carbocycles. The first-order valence-electron chi connectivity index (χ1n) is 11.8. The Hall–Kier alpha value is -3.15. The van der Waals surface area contributed by atoms with Crippen LogP contribution in [-0.4, -0.2) is 60.3 Å². The van der Waals surface area contributed by atoms with Gasteiger partial charge in [-0.15, -0.1) is 6.58 Å². The van der Waals surface area contributed by atoms with E-state index in [0.717, 1.165) is 35.0 Å². The average Bonchev–Trinajstić information content (AvgIpc) is 3.28. The van der Waals surface area contributed by atoms with Crippen LogP contribution >= 0.6 is 11.6 Å². The van der Waals surface area contributed by atoms with E-state index in [1.54, 1.807) is 12.3 Å². The summed E-state index contributed by atoms with van der Waals surface area (Å²) in [6.45, 7) is 3.86. The quantitative estimate of drug-likeness (QED) is 0.200. The minimum Gasteiger partial charge on any atom is -0.367 e. The molecular weight excluding hydrogens is 502 g/mol. The summed E-state index contributed by atoms with van der Waals surface area (Å²) in [6, 6.07) is 7.29. The minimum atomic E-state index is -3.50. The fourth-order valence-electron chi connectivity index (χ4n) is 4.33. The van der Waals surface area contributed by atoms with Gasteiger partial charge in [0.2, 0.25) is 10.0 Å². The van der Waals surface area contributed by atoms with E-state index < -0.39 is 16.1 Å². The van der Waals surface area contributed by atoms with Crippen LogP contribution in [0, 0.1) is 0 Å². The first kappa shape index (κ1) is 25.9. The van der Waals surface area contributed by atoms with Crippen molar-refractivity contribution in [1.29, 1.82) is 0 Å². The van der Waals surface area contributed by atoms with E-state index in [1.807, 2.05) is 30.5 Å². The van der Waals surface area contributed by atoms with E-state index in [0.29, 0.717) is 30.4 Å². The Morgan fingerprint density at radius 3 is 2.75 bits per heavy atom. The van der Waals surface area contributed by atoms with Crippen molar-refractivity contribution in [2.24, 2.45) is 0 Å². The van der Waals surface area contributed by atoms with Gasteiger partial charge in [0.05, 0.1) is 5.75 Å². The third kappa shape index (κ3) is 6.96. The van der Waals surface area contributed by atoms with Gasteiger partial charge in [-0.2, -0.15) is 0 Å². The van der Waals surface area contributed by atoms with Gasteiger partial charge in [0.1, 0.15) is 16.6 Å². The number of hydrogen-bond donors (Lipinski definition) is 5. The summed E-state index contributed by atoms with van der Waals surface area (Å²) in [4.78, 5) is 23.5. The number of pyridine rings is 2. The molecule has 0 unspecified atom stereocenters. The SMILES string of the molecule is C=CCNC(=O)NCCS(=O)(=O)NC1CCC(Nc2cc(-c3c[nH]c4ncccc34)cc(Cl)n2)CC1. The Bertz CT molecular complexity index is 1320. The van der Waals surface area contributed by atoms with Crippen molar-refractivity contribution in [3.8, 4) is 11.1 Å². The molecule has 0 bridgehead atoms. The average molecular weight is 532 g/mol. The lowest BCUT2D eigenvalue weighted by Crippen LogP contribution is -2.44. The summed E-state index contributed by atoms with van der Waals surface area (Å²) in [7, 11) is -3.50. The van der Waals surface area contributed by atoms with Crippen molar-refractivity contribution in [2.45, 2.75) is 37.8 Å². The highest BCUT2D eigenvalue weighted by Crippen LogP contribution is 2.31. The zero-order chi connectivity index (χ0) is 25.5. The Balaban J connectivity index is 1.29. The first-order chi connectivity index (χ1) is 17.3. The molecule has 12 heteroatoms. The molecule has 0 radical (unpaired) electrons. The normalized spacial score (nSPS) is 18.0. The molecule has 3 heterocycles. The Kier molecular flexibility index (Phi) is 8.44. The molecule has 1 saturated carbocycles. The van der Waals surface area contributed by atoms with E-state index >= 15 is 0 Å². The van der Waals surface area contributed by atoms with Crippen molar-refractivity contribution in [3.63, 3.8) is 0 Å². The number of fused-ring (bicyclic) bond motifs is 1. The number of anilines is 1. The molecule has 1 fully saturated rings. The van der Waals surface area contributed by atoms with Crippen LogP contribution in [0.3, 0.4) is 0 Å². The van der Waals surface area contributed by atoms with E-state index in [2.05, 4.69) is 42.2 Å². The van der Waals surface area contributed by atoms with Crippen LogP contribution in [-0.2, 0) is 10.0 Å². The maximum absolute atomic E-state index is 12.4. The van der Waals surface area contributed by atoms with Gasteiger partial charge in [-0.1, -0.05) is 17.7 Å². The number of aromatic nitrogens is 3. The molecule has 3 aromatic rings. The zero-order valence-electron chi connectivity index (χ0n) is 19.8. The van der Waals surface area contributed by atoms with Crippen LogP contribution < -0.4 is 20.7 Å².